The zero-order valence-electron chi connectivity index (χ0n) is 12.3. The summed E-state index contributed by atoms with van der Waals surface area (Å²) in [6, 6.07) is 8.73. The van der Waals surface area contributed by atoms with Gasteiger partial charge in [-0.2, -0.15) is 0 Å². The third kappa shape index (κ3) is 3.67. The van der Waals surface area contributed by atoms with E-state index in [9.17, 15) is 9.59 Å². The molecule has 0 unspecified atom stereocenters. The molecule has 0 saturated carbocycles. The number of nitrogens with one attached hydrogen (secondary N) is 2. The maximum Gasteiger partial charge on any atom is 0.336 e. The van der Waals surface area contributed by atoms with Gasteiger partial charge in [0, 0.05) is 29.1 Å². The minimum absolute atomic E-state index is 0. The van der Waals surface area contributed by atoms with Gasteiger partial charge in [0.05, 0.1) is 0 Å². The highest BCUT2D eigenvalue weighted by Gasteiger charge is 2.24. The van der Waals surface area contributed by atoms with Crippen LogP contribution in [-0.4, -0.2) is 18.5 Å². The van der Waals surface area contributed by atoms with Crippen molar-refractivity contribution in [2.45, 2.75) is 25.8 Å². The third-order valence-electron chi connectivity index (χ3n) is 3.88. The van der Waals surface area contributed by atoms with Gasteiger partial charge in [0.25, 0.3) is 0 Å². The molecule has 2 N–H and O–H groups in total. The topological polar surface area (TPSA) is 71.3 Å². The van der Waals surface area contributed by atoms with Crippen LogP contribution in [-0.2, 0) is 4.79 Å². The van der Waals surface area contributed by atoms with E-state index >= 15 is 0 Å². The van der Waals surface area contributed by atoms with Crippen molar-refractivity contribution in [3.8, 4) is 0 Å². The summed E-state index contributed by atoms with van der Waals surface area (Å²) in [5, 5.41) is 7.09. The first-order valence-electron chi connectivity index (χ1n) is 7.20. The molecule has 1 fully saturated rings. The maximum absolute atomic E-state index is 12.3. The van der Waals surface area contributed by atoms with Crippen molar-refractivity contribution >= 4 is 35.0 Å². The summed E-state index contributed by atoms with van der Waals surface area (Å²) < 4.78 is 5.08. The van der Waals surface area contributed by atoms with Crippen LogP contribution in [0.15, 0.2) is 39.5 Å². The molecule has 2 atom stereocenters. The van der Waals surface area contributed by atoms with Crippen LogP contribution in [0.4, 0.5) is 5.69 Å². The number of piperidine rings is 1. The van der Waals surface area contributed by atoms with E-state index in [0.717, 1.165) is 30.5 Å². The Morgan fingerprint density at radius 3 is 2.91 bits per heavy atom. The van der Waals surface area contributed by atoms with Gasteiger partial charge in [-0.25, -0.2) is 4.79 Å². The second kappa shape index (κ2) is 6.94. The second-order valence-electron chi connectivity index (χ2n) is 5.57. The molecule has 1 aliphatic rings. The zero-order chi connectivity index (χ0) is 14.8. The quantitative estimate of drug-likeness (QED) is 0.834. The highest BCUT2D eigenvalue weighted by atomic mass is 35.5. The number of hydrogen-bond donors (Lipinski definition) is 2. The molecule has 2 aromatic rings. The summed E-state index contributed by atoms with van der Waals surface area (Å²) in [7, 11) is 0. The van der Waals surface area contributed by atoms with Crippen LogP contribution in [0.5, 0.6) is 0 Å². The lowest BCUT2D eigenvalue weighted by Crippen LogP contribution is -2.40. The lowest BCUT2D eigenvalue weighted by molar-refractivity contribution is -0.120. The van der Waals surface area contributed by atoms with Crippen LogP contribution >= 0.6 is 12.4 Å². The van der Waals surface area contributed by atoms with Gasteiger partial charge in [0.15, 0.2) is 0 Å². The summed E-state index contributed by atoms with van der Waals surface area (Å²) in [4.78, 5) is 23.4. The minimum atomic E-state index is -0.372. The Kier molecular flexibility index (Phi) is 5.21. The number of fused-ring (bicyclic) bond motifs is 1. The van der Waals surface area contributed by atoms with E-state index in [1.165, 1.54) is 6.07 Å². The average molecular weight is 323 g/mol. The molecule has 1 aromatic carbocycles. The molecule has 5 nitrogen and oxygen atoms in total. The van der Waals surface area contributed by atoms with E-state index in [1.807, 2.05) is 6.07 Å². The number of halogens is 1. The van der Waals surface area contributed by atoms with Gasteiger partial charge in [0.1, 0.15) is 5.58 Å². The average Bonchev–Trinajstić information content (AvgIpc) is 2.47. The monoisotopic (exact) mass is 322 g/mol. The van der Waals surface area contributed by atoms with Gasteiger partial charge in [-0.1, -0.05) is 0 Å². The van der Waals surface area contributed by atoms with E-state index < -0.39 is 0 Å². The molecule has 1 amide bonds. The predicted octanol–water partition coefficient (Wildman–Crippen LogP) is 2.54. The summed E-state index contributed by atoms with van der Waals surface area (Å²) in [6.07, 6.45) is 1.72. The molecule has 1 saturated heterocycles. The molecule has 6 heteroatoms. The summed E-state index contributed by atoms with van der Waals surface area (Å²) >= 11 is 0. The smallest absolute Gasteiger partial charge is 0.336 e. The minimum Gasteiger partial charge on any atom is -0.423 e. The van der Waals surface area contributed by atoms with Crippen LogP contribution < -0.4 is 16.3 Å². The van der Waals surface area contributed by atoms with Crippen LogP contribution in [0.2, 0.25) is 0 Å². The van der Waals surface area contributed by atoms with Crippen LogP contribution in [0.1, 0.15) is 19.8 Å². The van der Waals surface area contributed by atoms with Crippen molar-refractivity contribution in [1.29, 1.82) is 0 Å². The molecule has 118 valence electrons. The first-order chi connectivity index (χ1) is 10.1. The van der Waals surface area contributed by atoms with Crippen molar-refractivity contribution in [1.82, 2.24) is 5.32 Å². The van der Waals surface area contributed by atoms with E-state index in [1.54, 1.807) is 18.2 Å². The molecule has 2 heterocycles. The van der Waals surface area contributed by atoms with Gasteiger partial charge < -0.3 is 15.1 Å². The van der Waals surface area contributed by atoms with Crippen molar-refractivity contribution in [3.63, 3.8) is 0 Å². The molecule has 22 heavy (non-hydrogen) atoms. The Morgan fingerprint density at radius 1 is 1.32 bits per heavy atom. The fraction of sp³-hybridized carbons (Fsp3) is 0.375. The summed E-state index contributed by atoms with van der Waals surface area (Å²) in [5.41, 5.74) is 0.881. The SMILES string of the molecule is C[C@H]1C[C@@H](C(=O)Nc2ccc3oc(=O)ccc3c2)CCN1.Cl. The summed E-state index contributed by atoms with van der Waals surface area (Å²) in [6.45, 7) is 2.97. The van der Waals surface area contributed by atoms with Gasteiger partial charge in [-0.05, 0) is 50.6 Å². The van der Waals surface area contributed by atoms with Crippen molar-refractivity contribution in [2.75, 3.05) is 11.9 Å². The summed E-state index contributed by atoms with van der Waals surface area (Å²) in [5.74, 6) is 0.103. The zero-order valence-corrected chi connectivity index (χ0v) is 13.1. The molecule has 0 spiro atoms. The van der Waals surface area contributed by atoms with E-state index in [4.69, 9.17) is 4.42 Å². The Morgan fingerprint density at radius 2 is 2.14 bits per heavy atom. The highest BCUT2D eigenvalue weighted by Crippen LogP contribution is 2.21. The van der Waals surface area contributed by atoms with Crippen LogP contribution in [0.3, 0.4) is 0 Å². The third-order valence-corrected chi connectivity index (χ3v) is 3.88. The molecule has 1 aromatic heterocycles. The number of hydrogen-bond acceptors (Lipinski definition) is 4. The van der Waals surface area contributed by atoms with E-state index in [2.05, 4.69) is 17.6 Å². The first kappa shape index (κ1) is 16.5. The Balaban J connectivity index is 0.00000176. The molecule has 1 aliphatic heterocycles. The van der Waals surface area contributed by atoms with E-state index in [-0.39, 0.29) is 29.9 Å². The second-order valence-corrected chi connectivity index (χ2v) is 5.57. The van der Waals surface area contributed by atoms with Crippen molar-refractivity contribution in [3.05, 3.63) is 40.8 Å². The predicted molar refractivity (Wildman–Crippen MR) is 88.6 cm³/mol. The molecule has 0 aliphatic carbocycles. The molecule has 0 radical (unpaired) electrons. The molecule has 3 rings (SSSR count). The number of amides is 1. The number of rotatable bonds is 2. The highest BCUT2D eigenvalue weighted by molar-refractivity contribution is 5.94. The number of anilines is 1. The van der Waals surface area contributed by atoms with Crippen molar-refractivity contribution < 1.29 is 9.21 Å². The number of benzene rings is 1. The maximum atomic E-state index is 12.3. The van der Waals surface area contributed by atoms with E-state index in [0.29, 0.717) is 11.6 Å². The normalized spacial score (nSPS) is 21.1. The largest absolute Gasteiger partial charge is 0.423 e. The Labute approximate surface area is 134 Å². The standard InChI is InChI=1S/C16H18N2O3.ClH/c1-10-8-12(6-7-17-10)16(20)18-13-3-4-14-11(9-13)2-5-15(19)21-14;/h2-5,9-10,12,17H,6-8H2,1H3,(H,18,20);1H/t10-,12-;/m0./s1. The van der Waals surface area contributed by atoms with Crippen LogP contribution in [0.25, 0.3) is 11.0 Å². The van der Waals surface area contributed by atoms with Gasteiger partial charge in [-0.15, -0.1) is 12.4 Å². The lowest BCUT2D eigenvalue weighted by atomic mass is 9.92. The molecule has 0 bridgehead atoms. The van der Waals surface area contributed by atoms with Crippen LogP contribution in [0, 0.1) is 5.92 Å². The Bertz CT molecular complexity index is 729. The Hall–Kier alpha value is -1.85. The fourth-order valence-corrected chi connectivity index (χ4v) is 2.76. The van der Waals surface area contributed by atoms with Gasteiger partial charge in [-0.3, -0.25) is 4.79 Å². The first-order valence-corrected chi connectivity index (χ1v) is 7.20. The number of carbonyl (C=O) groups is 1. The van der Waals surface area contributed by atoms with Gasteiger partial charge in [0.2, 0.25) is 5.91 Å². The molecular formula is C16H19ClN2O3. The lowest BCUT2D eigenvalue weighted by Gasteiger charge is -2.27. The fourth-order valence-electron chi connectivity index (χ4n) is 2.76. The molecular weight excluding hydrogens is 304 g/mol. The van der Waals surface area contributed by atoms with Gasteiger partial charge >= 0.3 is 5.63 Å². The van der Waals surface area contributed by atoms with Crippen molar-refractivity contribution in [2.24, 2.45) is 5.92 Å². The number of carbonyl (C=O) groups excluding carboxylic acids is 1.